The first-order valence-corrected chi connectivity index (χ1v) is 8.75. The Morgan fingerprint density at radius 1 is 1.32 bits per heavy atom. The van der Waals surface area contributed by atoms with Crippen molar-refractivity contribution in [2.45, 2.75) is 65.5 Å². The molecule has 0 saturated heterocycles. The minimum Gasteiger partial charge on any atom is -0.346 e. The highest BCUT2D eigenvalue weighted by molar-refractivity contribution is 5.92. The summed E-state index contributed by atoms with van der Waals surface area (Å²) >= 11 is 0. The van der Waals surface area contributed by atoms with Crippen LogP contribution in [0.4, 0.5) is 0 Å². The first-order valence-electron chi connectivity index (χ1n) is 8.75. The lowest BCUT2D eigenvalue weighted by molar-refractivity contribution is 0.0932. The van der Waals surface area contributed by atoms with Crippen molar-refractivity contribution >= 4 is 5.91 Å². The molecule has 1 saturated carbocycles. The largest absolute Gasteiger partial charge is 0.346 e. The Kier molecular flexibility index (Phi) is 4.31. The van der Waals surface area contributed by atoms with E-state index >= 15 is 0 Å². The smallest absolute Gasteiger partial charge is 0.269 e. The Morgan fingerprint density at radius 2 is 2.00 bits per heavy atom. The lowest BCUT2D eigenvalue weighted by Crippen LogP contribution is -2.33. The van der Waals surface area contributed by atoms with Crippen LogP contribution in [0.2, 0.25) is 0 Å². The fraction of sp³-hybridized carbons (Fsp3) is 0.526. The zero-order valence-electron chi connectivity index (χ0n) is 15.6. The number of H-pyrrole nitrogens is 1. The van der Waals surface area contributed by atoms with Gasteiger partial charge in [-0.2, -0.15) is 5.10 Å². The van der Waals surface area contributed by atoms with E-state index in [1.165, 1.54) is 0 Å². The number of carbonyl (C=O) groups excluding carboxylic acids is 1. The van der Waals surface area contributed by atoms with Crippen LogP contribution in [0.1, 0.15) is 72.5 Å². The predicted molar refractivity (Wildman–Crippen MR) is 96.9 cm³/mol. The monoisotopic (exact) mass is 342 g/mol. The first kappa shape index (κ1) is 17.5. The van der Waals surface area contributed by atoms with Crippen molar-refractivity contribution in [2.24, 2.45) is 0 Å². The third-order valence-corrected chi connectivity index (χ3v) is 4.51. The lowest BCUT2D eigenvalue weighted by atomic mass is 10.1. The Morgan fingerprint density at radius 3 is 2.56 bits per heavy atom. The Bertz CT molecular complexity index is 867. The molecule has 6 heteroatoms. The van der Waals surface area contributed by atoms with Crippen molar-refractivity contribution in [1.82, 2.24) is 20.1 Å². The van der Waals surface area contributed by atoms with Crippen LogP contribution in [0, 0.1) is 13.8 Å². The molecule has 2 N–H and O–H groups in total. The van der Waals surface area contributed by atoms with E-state index in [9.17, 15) is 9.59 Å². The molecular weight excluding hydrogens is 316 g/mol. The van der Waals surface area contributed by atoms with Gasteiger partial charge in [-0.15, -0.1) is 0 Å². The number of hydrogen-bond acceptors (Lipinski definition) is 3. The second-order valence-corrected chi connectivity index (χ2v) is 7.94. The topological polar surface area (TPSA) is 79.8 Å². The number of amides is 1. The molecule has 6 nitrogen and oxygen atoms in total. The molecule has 0 unspecified atom stereocenters. The van der Waals surface area contributed by atoms with Gasteiger partial charge in [0, 0.05) is 23.7 Å². The summed E-state index contributed by atoms with van der Waals surface area (Å²) in [6.45, 7) is 10.0. The molecule has 0 bridgehead atoms. The van der Waals surface area contributed by atoms with Gasteiger partial charge in [-0.05, 0) is 65.2 Å². The summed E-state index contributed by atoms with van der Waals surface area (Å²) in [5.74, 6) is 0.283. The molecule has 1 aliphatic rings. The van der Waals surface area contributed by atoms with E-state index in [1.54, 1.807) is 4.68 Å². The number of hydrogen-bond donors (Lipinski definition) is 2. The van der Waals surface area contributed by atoms with Crippen LogP contribution in [0.5, 0.6) is 0 Å². The van der Waals surface area contributed by atoms with Gasteiger partial charge < -0.3 is 10.3 Å². The molecule has 0 aliphatic heterocycles. The summed E-state index contributed by atoms with van der Waals surface area (Å²) in [5.41, 5.74) is 3.39. The lowest BCUT2D eigenvalue weighted by Gasteiger charge is -2.22. The van der Waals surface area contributed by atoms with E-state index < -0.39 is 0 Å². The zero-order chi connectivity index (χ0) is 18.4. The molecule has 0 radical (unpaired) electrons. The number of aryl methyl sites for hydroxylation is 2. The van der Waals surface area contributed by atoms with Gasteiger partial charge >= 0.3 is 0 Å². The molecule has 25 heavy (non-hydrogen) atoms. The number of pyridine rings is 1. The van der Waals surface area contributed by atoms with Crippen LogP contribution in [0.3, 0.4) is 0 Å². The highest BCUT2D eigenvalue weighted by atomic mass is 16.2. The predicted octanol–water partition coefficient (Wildman–Crippen LogP) is 2.75. The molecular formula is C19H26N4O2. The van der Waals surface area contributed by atoms with Crippen LogP contribution in [-0.2, 0) is 12.1 Å². The minimum atomic E-state index is -0.281. The van der Waals surface area contributed by atoms with E-state index in [0.717, 1.165) is 29.8 Å². The normalized spacial score (nSPS) is 14.6. The van der Waals surface area contributed by atoms with E-state index in [-0.39, 0.29) is 23.6 Å². The van der Waals surface area contributed by atoms with Gasteiger partial charge in [0.2, 0.25) is 0 Å². The van der Waals surface area contributed by atoms with Gasteiger partial charge in [0.1, 0.15) is 5.69 Å². The fourth-order valence-electron chi connectivity index (χ4n) is 3.01. The van der Waals surface area contributed by atoms with Crippen LogP contribution in [0.15, 0.2) is 16.9 Å². The number of carbonyl (C=O) groups is 1. The van der Waals surface area contributed by atoms with Gasteiger partial charge in [-0.3, -0.25) is 14.3 Å². The quantitative estimate of drug-likeness (QED) is 0.896. The van der Waals surface area contributed by atoms with Crippen LogP contribution >= 0.6 is 0 Å². The maximum atomic E-state index is 12.7. The van der Waals surface area contributed by atoms with E-state index in [1.807, 2.05) is 46.8 Å². The standard InChI is InChI=1S/C19H26N4O2/c1-11-8-12(2)21-17(24)14(11)10-20-18(25)16-9-15(13-6-7-13)22-23(16)19(3,4)5/h8-9,13H,6-7,10H2,1-5H3,(H,20,25)(H,21,24). The SMILES string of the molecule is Cc1cc(C)c(CNC(=O)c2cc(C3CC3)nn2C(C)(C)C)c(=O)[nH]1. The van der Waals surface area contributed by atoms with Gasteiger partial charge in [-0.1, -0.05) is 0 Å². The molecule has 1 amide bonds. The van der Waals surface area contributed by atoms with Crippen molar-refractivity contribution in [3.05, 3.63) is 50.7 Å². The highest BCUT2D eigenvalue weighted by Gasteiger charge is 2.31. The molecule has 0 atom stereocenters. The van der Waals surface area contributed by atoms with E-state index in [4.69, 9.17) is 0 Å². The molecule has 1 fully saturated rings. The fourth-order valence-corrected chi connectivity index (χ4v) is 3.01. The van der Waals surface area contributed by atoms with Crippen molar-refractivity contribution in [2.75, 3.05) is 0 Å². The summed E-state index contributed by atoms with van der Waals surface area (Å²) in [7, 11) is 0. The van der Waals surface area contributed by atoms with E-state index in [2.05, 4.69) is 15.4 Å². The maximum absolute atomic E-state index is 12.7. The maximum Gasteiger partial charge on any atom is 0.269 e. The van der Waals surface area contributed by atoms with Crippen LogP contribution in [0.25, 0.3) is 0 Å². The molecule has 3 rings (SSSR count). The van der Waals surface area contributed by atoms with Gasteiger partial charge in [0.25, 0.3) is 11.5 Å². The van der Waals surface area contributed by atoms with Crippen molar-refractivity contribution in [1.29, 1.82) is 0 Å². The van der Waals surface area contributed by atoms with Gasteiger partial charge in [-0.25, -0.2) is 0 Å². The summed E-state index contributed by atoms with van der Waals surface area (Å²) in [6, 6.07) is 3.80. The molecule has 0 aromatic carbocycles. The van der Waals surface area contributed by atoms with Crippen LogP contribution in [-0.4, -0.2) is 20.7 Å². The first-order chi connectivity index (χ1) is 11.7. The number of aromatic amines is 1. The number of nitrogens with one attached hydrogen (secondary N) is 2. The third-order valence-electron chi connectivity index (χ3n) is 4.51. The van der Waals surface area contributed by atoms with Crippen molar-refractivity contribution in [3.8, 4) is 0 Å². The summed E-state index contributed by atoms with van der Waals surface area (Å²) in [6.07, 6.45) is 2.28. The average molecular weight is 342 g/mol. The van der Waals surface area contributed by atoms with E-state index in [0.29, 0.717) is 17.2 Å². The average Bonchev–Trinajstić information content (AvgIpc) is 3.23. The summed E-state index contributed by atoms with van der Waals surface area (Å²) < 4.78 is 1.79. The second-order valence-electron chi connectivity index (χ2n) is 7.94. The second kappa shape index (κ2) is 6.17. The minimum absolute atomic E-state index is 0.152. The molecule has 2 aromatic heterocycles. The number of nitrogens with zero attached hydrogens (tertiary/aromatic N) is 2. The molecule has 2 aromatic rings. The van der Waals surface area contributed by atoms with Crippen molar-refractivity contribution in [3.63, 3.8) is 0 Å². The van der Waals surface area contributed by atoms with Gasteiger partial charge in [0.15, 0.2) is 0 Å². The van der Waals surface area contributed by atoms with Crippen LogP contribution < -0.4 is 10.9 Å². The molecule has 0 spiro atoms. The number of aromatic nitrogens is 3. The highest BCUT2D eigenvalue weighted by Crippen LogP contribution is 2.40. The molecule has 1 aliphatic carbocycles. The third kappa shape index (κ3) is 3.67. The van der Waals surface area contributed by atoms with Gasteiger partial charge in [0.05, 0.1) is 11.2 Å². The summed E-state index contributed by atoms with van der Waals surface area (Å²) in [5, 5.41) is 7.54. The number of rotatable bonds is 4. The molecule has 2 heterocycles. The Labute approximate surface area is 147 Å². The molecule has 134 valence electrons. The Hall–Kier alpha value is -2.37. The van der Waals surface area contributed by atoms with Crippen molar-refractivity contribution < 1.29 is 4.79 Å². The summed E-state index contributed by atoms with van der Waals surface area (Å²) in [4.78, 5) is 27.6. The Balaban J connectivity index is 1.83. The zero-order valence-corrected chi connectivity index (χ0v) is 15.6.